The van der Waals surface area contributed by atoms with E-state index in [1.807, 2.05) is 23.9 Å². The number of unbranched alkanes of at least 4 members (excludes halogenated alkanes) is 2. The standard InChI is InChI=1S/C48H59Si.Zr/c1-7-11-15-39-29-45-41(37-25-21-35(22-26-37)33(5)9-3)17-13-19-43(45)47(39)31-49-32-48-40(16-12-8-2)30-46-42(18-14-20-44(46)48)38-27-23-36(24-28-38)34(6)10-4;/h13-14,17-30,33-34,47-49H,7-12,15-16,31-32H2,1-6H3;. The van der Waals surface area contributed by atoms with Gasteiger partial charge in [-0.15, -0.1) is 0 Å². The fourth-order valence-electron chi connectivity index (χ4n) is 8.50. The molecule has 0 saturated heterocycles. The van der Waals surface area contributed by atoms with Crippen LogP contribution in [0.5, 0.6) is 0 Å². The predicted octanol–water partition coefficient (Wildman–Crippen LogP) is 14.4. The second-order valence-corrected chi connectivity index (χ2v) is 23.8. The average Bonchev–Trinajstić information content (AvgIpc) is 3.69. The molecule has 0 aromatic heterocycles. The van der Waals surface area contributed by atoms with Crippen molar-refractivity contribution in [1.82, 2.24) is 0 Å². The number of hydrogen-bond donors (Lipinski definition) is 0. The van der Waals surface area contributed by atoms with Gasteiger partial charge in [0.1, 0.15) is 0 Å². The van der Waals surface area contributed by atoms with Crippen molar-refractivity contribution in [3.05, 3.63) is 129 Å². The van der Waals surface area contributed by atoms with Crippen molar-refractivity contribution in [3.63, 3.8) is 0 Å². The summed E-state index contributed by atoms with van der Waals surface area (Å²) in [5.74, 6) is 1.45. The van der Waals surface area contributed by atoms with Crippen molar-refractivity contribution in [2.75, 3.05) is 0 Å². The van der Waals surface area contributed by atoms with E-state index in [-0.39, 0.29) is 0 Å². The van der Waals surface area contributed by atoms with E-state index in [0.717, 1.165) is 0 Å². The van der Waals surface area contributed by atoms with Gasteiger partial charge in [0.2, 0.25) is 0 Å². The molecule has 4 aromatic carbocycles. The summed E-state index contributed by atoms with van der Waals surface area (Å²) in [4.78, 5) is 0. The first-order valence-corrected chi connectivity index (χ1v) is 26.4. The van der Waals surface area contributed by atoms with Gasteiger partial charge in [-0.25, -0.2) is 0 Å². The van der Waals surface area contributed by atoms with E-state index in [1.165, 1.54) is 108 Å². The maximum absolute atomic E-state index is 2.63. The molecule has 4 atom stereocenters. The molecule has 6 rings (SSSR count). The Morgan fingerprint density at radius 2 is 0.960 bits per heavy atom. The molecule has 0 spiro atoms. The summed E-state index contributed by atoms with van der Waals surface area (Å²) >= 11 is 1.83. The van der Waals surface area contributed by atoms with Gasteiger partial charge in [0.25, 0.3) is 0 Å². The van der Waals surface area contributed by atoms with Crippen LogP contribution < -0.4 is 0 Å². The van der Waals surface area contributed by atoms with Crippen LogP contribution >= 0.6 is 0 Å². The molecule has 0 nitrogen and oxygen atoms in total. The molecule has 0 N–H and O–H groups in total. The SMILES string of the molecule is CCCCC1=Cc2c(-c3ccc(C(C)CC)cc3)cccc2C1C[SiH]([Zr])CC1C(CCCC)=Cc2c(-c3ccc(C(C)CC)cc3)cccc21. The van der Waals surface area contributed by atoms with Crippen molar-refractivity contribution in [2.24, 2.45) is 0 Å². The third kappa shape index (κ3) is 8.08. The number of rotatable bonds is 16. The van der Waals surface area contributed by atoms with Gasteiger partial charge < -0.3 is 0 Å². The molecule has 0 amide bonds. The second-order valence-electron chi connectivity index (χ2n) is 15.4. The molecule has 0 bridgehead atoms. The minimum absolute atomic E-state index is 0.603. The van der Waals surface area contributed by atoms with Gasteiger partial charge in [-0.05, 0) is 0 Å². The van der Waals surface area contributed by atoms with E-state index in [9.17, 15) is 0 Å². The first kappa shape index (κ1) is 37.2. The summed E-state index contributed by atoms with van der Waals surface area (Å²) in [5.41, 5.74) is 18.2. The molecule has 2 aliphatic carbocycles. The Morgan fingerprint density at radius 1 is 0.560 bits per heavy atom. The Bertz CT molecular complexity index is 1660. The molecule has 0 heterocycles. The number of benzene rings is 4. The molecular weight excluding hydrogens is 696 g/mol. The van der Waals surface area contributed by atoms with Gasteiger partial charge in [-0.3, -0.25) is 0 Å². The van der Waals surface area contributed by atoms with Crippen LogP contribution in [0, 0.1) is 0 Å². The van der Waals surface area contributed by atoms with Crippen LogP contribution in [-0.2, 0) is 23.9 Å². The second kappa shape index (κ2) is 17.3. The fraction of sp³-hybridized carbons (Fsp3) is 0.417. The van der Waals surface area contributed by atoms with E-state index in [1.54, 1.807) is 22.3 Å². The summed E-state index contributed by atoms with van der Waals surface area (Å²) in [6.45, 7) is 14.0. The van der Waals surface area contributed by atoms with Crippen LogP contribution in [0.2, 0.25) is 12.1 Å². The fourth-order valence-corrected chi connectivity index (χ4v) is 14.4. The van der Waals surface area contributed by atoms with E-state index in [4.69, 9.17) is 0 Å². The van der Waals surface area contributed by atoms with Gasteiger partial charge in [-0.1, -0.05) is 13.8 Å². The van der Waals surface area contributed by atoms with Crippen molar-refractivity contribution < 1.29 is 23.9 Å². The number of fused-ring (bicyclic) bond motifs is 2. The van der Waals surface area contributed by atoms with Crippen molar-refractivity contribution in [2.45, 2.75) is 129 Å². The van der Waals surface area contributed by atoms with E-state index < -0.39 is 5.92 Å². The summed E-state index contributed by atoms with van der Waals surface area (Å²) < 4.78 is 0. The Hall–Kier alpha value is -2.54. The van der Waals surface area contributed by atoms with Gasteiger partial charge in [-0.2, -0.15) is 0 Å². The Balaban J connectivity index is 1.27. The summed E-state index contributed by atoms with van der Waals surface area (Å²) in [7, 11) is 0. The normalized spacial score (nSPS) is 18.3. The van der Waals surface area contributed by atoms with Gasteiger partial charge in [0, 0.05) is 0 Å². The Morgan fingerprint density at radius 3 is 1.32 bits per heavy atom. The predicted molar refractivity (Wildman–Crippen MR) is 218 cm³/mol. The number of allylic oxidation sites excluding steroid dienone is 2. The summed E-state index contributed by atoms with van der Waals surface area (Å²) in [6.07, 6.45) is 15.2. The zero-order chi connectivity index (χ0) is 35.2. The molecule has 0 fully saturated rings. The van der Waals surface area contributed by atoms with Gasteiger partial charge in [0.05, 0.1) is 0 Å². The van der Waals surface area contributed by atoms with Crippen LogP contribution in [0.3, 0.4) is 0 Å². The maximum atomic E-state index is 2.63. The van der Waals surface area contributed by atoms with Crippen molar-refractivity contribution in [3.8, 4) is 22.3 Å². The molecule has 4 unspecified atom stereocenters. The summed E-state index contributed by atoms with van der Waals surface area (Å²) in [5, 5.41) is 0. The van der Waals surface area contributed by atoms with Crippen molar-refractivity contribution in [1.29, 1.82) is 0 Å². The average molecular weight is 755 g/mol. The van der Waals surface area contributed by atoms with E-state index in [2.05, 4.69) is 139 Å². The van der Waals surface area contributed by atoms with Crippen molar-refractivity contribution >= 4 is 18.1 Å². The topological polar surface area (TPSA) is 0 Å². The molecule has 0 aliphatic heterocycles. The van der Waals surface area contributed by atoms with Crippen LogP contribution in [0.4, 0.5) is 0 Å². The van der Waals surface area contributed by atoms with E-state index in [0.29, 0.717) is 23.7 Å². The molecule has 50 heavy (non-hydrogen) atoms. The molecule has 4 aromatic rings. The van der Waals surface area contributed by atoms with Gasteiger partial charge >= 0.3 is 308 Å². The zero-order valence-corrected chi connectivity index (χ0v) is 35.3. The van der Waals surface area contributed by atoms with Gasteiger partial charge in [0.15, 0.2) is 0 Å². The first-order chi connectivity index (χ1) is 24.4. The molecule has 2 aliphatic rings. The third-order valence-corrected chi connectivity index (χ3v) is 17.6. The molecule has 2 heteroatoms. The third-order valence-electron chi connectivity index (χ3n) is 12.1. The number of hydrogen-bond acceptors (Lipinski definition) is 0. The molecular formula is C48H59SiZr. The monoisotopic (exact) mass is 753 g/mol. The molecule has 259 valence electrons. The molecule has 0 radical (unpaired) electrons. The zero-order valence-electron chi connectivity index (χ0n) is 31.7. The minimum atomic E-state index is -0.985. The van der Waals surface area contributed by atoms with Crippen LogP contribution in [0.1, 0.15) is 150 Å². The van der Waals surface area contributed by atoms with Crippen LogP contribution in [-0.4, -0.2) is 5.92 Å². The quantitative estimate of drug-likeness (QED) is 0.0999. The summed E-state index contributed by atoms with van der Waals surface area (Å²) in [6, 6.07) is 36.2. The Labute approximate surface area is 320 Å². The Kier molecular flexibility index (Phi) is 12.9. The first-order valence-electron chi connectivity index (χ1n) is 19.9. The molecule has 0 saturated carbocycles. The van der Waals surface area contributed by atoms with E-state index >= 15 is 0 Å². The van der Waals surface area contributed by atoms with Crippen LogP contribution in [0.25, 0.3) is 34.4 Å². The van der Waals surface area contributed by atoms with Crippen LogP contribution in [0.15, 0.2) is 96.1 Å².